The lowest BCUT2D eigenvalue weighted by Gasteiger charge is -2.29. The maximum Gasteiger partial charge on any atom is 0.255 e. The van der Waals surface area contributed by atoms with E-state index >= 15 is 0 Å². The molecule has 0 aromatic heterocycles. The highest BCUT2D eigenvalue weighted by atomic mass is 19.1. The number of rotatable bonds is 5. The molecule has 1 fully saturated rings. The number of imide groups is 1. The smallest absolute Gasteiger partial charge is 0.255 e. The van der Waals surface area contributed by atoms with Crippen molar-refractivity contribution >= 4 is 23.4 Å². The maximum absolute atomic E-state index is 14.2. The Morgan fingerprint density at radius 2 is 2.14 bits per heavy atom. The van der Waals surface area contributed by atoms with E-state index in [0.29, 0.717) is 28.1 Å². The van der Waals surface area contributed by atoms with Gasteiger partial charge < -0.3 is 15.0 Å². The highest BCUT2D eigenvalue weighted by molar-refractivity contribution is 6.06. The molecule has 1 atom stereocenters. The molecule has 0 aliphatic carbocycles. The number of amides is 3. The lowest BCUT2D eigenvalue weighted by atomic mass is 10.0. The number of hydrogen-bond donors (Lipinski definition) is 2. The van der Waals surface area contributed by atoms with E-state index in [9.17, 15) is 18.8 Å². The number of fused-ring (bicyclic) bond motifs is 1. The Balaban J connectivity index is 1.56. The zero-order chi connectivity index (χ0) is 21.5. The average Bonchev–Trinajstić information content (AvgIpc) is 3.08. The van der Waals surface area contributed by atoms with E-state index in [0.717, 1.165) is 0 Å². The monoisotopic (exact) mass is 398 g/mol. The molecule has 1 saturated heterocycles. The van der Waals surface area contributed by atoms with Gasteiger partial charge in [0.15, 0.2) is 0 Å². The summed E-state index contributed by atoms with van der Waals surface area (Å²) in [4.78, 5) is 37.9. The van der Waals surface area contributed by atoms with Crippen LogP contribution in [0.3, 0.4) is 0 Å². The second kappa shape index (κ2) is 7.54. The standard InChI is InChI=1S/C21H20FN3O4/c1-29-13-6-5-12(16(22)9-13)10-23-17-4-2-3-14-15(17)11-25(21(14)28)18-7-8-19(26)24-20(18)27/h2-6,9,18,23H,7-8,10-11H2,1H3,(H,24,26,27)/t18-/m0/s1/i18D. The molecule has 7 nitrogen and oxygen atoms in total. The van der Waals surface area contributed by atoms with Crippen molar-refractivity contribution in [2.24, 2.45) is 0 Å². The van der Waals surface area contributed by atoms with Gasteiger partial charge in [-0.25, -0.2) is 4.39 Å². The number of benzene rings is 2. The van der Waals surface area contributed by atoms with Crippen molar-refractivity contribution in [1.82, 2.24) is 10.2 Å². The fourth-order valence-corrected chi connectivity index (χ4v) is 3.57. The lowest BCUT2D eigenvalue weighted by Crippen LogP contribution is -2.52. The van der Waals surface area contributed by atoms with Crippen LogP contribution in [0.5, 0.6) is 5.75 Å². The number of piperidine rings is 1. The van der Waals surface area contributed by atoms with Crippen molar-refractivity contribution in [3.63, 3.8) is 0 Å². The van der Waals surface area contributed by atoms with Crippen molar-refractivity contribution in [1.29, 1.82) is 0 Å². The normalized spacial score (nSPS) is 21.5. The van der Waals surface area contributed by atoms with Gasteiger partial charge in [-0.1, -0.05) is 12.1 Å². The van der Waals surface area contributed by atoms with E-state index in [1.165, 1.54) is 18.1 Å². The summed E-state index contributed by atoms with van der Waals surface area (Å²) in [7, 11) is 1.46. The largest absolute Gasteiger partial charge is 0.497 e. The fraction of sp³-hybridized carbons (Fsp3) is 0.286. The van der Waals surface area contributed by atoms with Crippen LogP contribution in [0.4, 0.5) is 10.1 Å². The summed E-state index contributed by atoms with van der Waals surface area (Å²) < 4.78 is 27.8. The number of halogens is 1. The minimum absolute atomic E-state index is 0.00276. The van der Waals surface area contributed by atoms with Crippen LogP contribution < -0.4 is 15.4 Å². The van der Waals surface area contributed by atoms with Crippen LogP contribution in [0, 0.1) is 5.82 Å². The first-order chi connectivity index (χ1) is 14.3. The molecule has 0 bridgehead atoms. The zero-order valence-electron chi connectivity index (χ0n) is 16.8. The SMILES string of the molecule is [2H][C@]1(N2Cc3c(NCc4ccc(OC)cc4F)cccc3C2=O)CCC(=O)NC1=O. The predicted octanol–water partition coefficient (Wildman–Crippen LogP) is 2.21. The first-order valence-electron chi connectivity index (χ1n) is 9.68. The zero-order valence-corrected chi connectivity index (χ0v) is 15.8. The molecule has 2 aromatic carbocycles. The summed E-state index contributed by atoms with van der Waals surface area (Å²) in [6.07, 6.45) is -0.0611. The Morgan fingerprint density at radius 1 is 1.31 bits per heavy atom. The number of nitrogens with one attached hydrogen (secondary N) is 2. The van der Waals surface area contributed by atoms with E-state index in [1.807, 2.05) is 0 Å². The van der Waals surface area contributed by atoms with Gasteiger partial charge in [0, 0.05) is 48.0 Å². The summed E-state index contributed by atoms with van der Waals surface area (Å²) in [5, 5.41) is 5.28. The molecule has 8 heteroatoms. The topological polar surface area (TPSA) is 87.7 Å². The number of ether oxygens (including phenoxy) is 1. The van der Waals surface area contributed by atoms with Crippen molar-refractivity contribution in [3.8, 4) is 5.75 Å². The van der Waals surface area contributed by atoms with Crippen LogP contribution in [-0.2, 0) is 22.7 Å². The average molecular weight is 398 g/mol. The summed E-state index contributed by atoms with van der Waals surface area (Å²) in [5.74, 6) is -1.68. The van der Waals surface area contributed by atoms with Crippen LogP contribution in [0.25, 0.3) is 0 Å². The first-order valence-corrected chi connectivity index (χ1v) is 9.18. The van der Waals surface area contributed by atoms with Crippen LogP contribution in [0.15, 0.2) is 36.4 Å². The third kappa shape index (κ3) is 3.53. The molecule has 0 spiro atoms. The Hall–Kier alpha value is -3.42. The molecule has 2 aromatic rings. The summed E-state index contributed by atoms with van der Waals surface area (Å²) in [6.45, 7) is 0.231. The second-order valence-electron chi connectivity index (χ2n) is 6.86. The Morgan fingerprint density at radius 3 is 2.86 bits per heavy atom. The number of nitrogens with zero attached hydrogens (tertiary/aromatic N) is 1. The van der Waals surface area contributed by atoms with Gasteiger partial charge >= 0.3 is 0 Å². The van der Waals surface area contributed by atoms with Gasteiger partial charge in [-0.3, -0.25) is 19.7 Å². The molecule has 2 aliphatic heterocycles. The van der Waals surface area contributed by atoms with E-state index in [-0.39, 0.29) is 25.9 Å². The second-order valence-corrected chi connectivity index (χ2v) is 6.86. The van der Waals surface area contributed by atoms with Gasteiger partial charge in [0.1, 0.15) is 17.6 Å². The summed E-state index contributed by atoms with van der Waals surface area (Å²) >= 11 is 0. The molecular formula is C21H20FN3O4. The van der Waals surface area contributed by atoms with Gasteiger partial charge in [0.25, 0.3) is 5.91 Å². The Labute approximate surface area is 168 Å². The molecule has 0 radical (unpaired) electrons. The number of anilines is 1. The molecule has 0 unspecified atom stereocenters. The number of hydrogen-bond acceptors (Lipinski definition) is 5. The van der Waals surface area contributed by atoms with Gasteiger partial charge in [0.05, 0.1) is 8.48 Å². The van der Waals surface area contributed by atoms with Crippen molar-refractivity contribution < 1.29 is 24.9 Å². The Bertz CT molecular complexity index is 1060. The van der Waals surface area contributed by atoms with Crippen LogP contribution in [-0.4, -0.2) is 35.7 Å². The molecule has 2 heterocycles. The molecule has 2 aliphatic rings. The van der Waals surface area contributed by atoms with Crippen LogP contribution >= 0.6 is 0 Å². The summed E-state index contributed by atoms with van der Waals surface area (Å²) in [6, 6.07) is 7.81. The third-order valence-corrected chi connectivity index (χ3v) is 5.13. The van der Waals surface area contributed by atoms with Crippen molar-refractivity contribution in [3.05, 3.63) is 58.9 Å². The predicted molar refractivity (Wildman–Crippen MR) is 103 cm³/mol. The quantitative estimate of drug-likeness (QED) is 0.754. The molecule has 3 amide bonds. The maximum atomic E-state index is 14.2. The summed E-state index contributed by atoms with van der Waals surface area (Å²) in [5.41, 5.74) is 2.06. The molecule has 0 saturated carbocycles. The molecule has 2 N–H and O–H groups in total. The van der Waals surface area contributed by atoms with Gasteiger partial charge in [-0.2, -0.15) is 0 Å². The minimum atomic E-state index is -1.84. The number of carbonyl (C=O) groups excluding carboxylic acids is 3. The third-order valence-electron chi connectivity index (χ3n) is 5.13. The van der Waals surface area contributed by atoms with Gasteiger partial charge in [-0.05, 0) is 24.6 Å². The lowest BCUT2D eigenvalue weighted by molar-refractivity contribution is -0.136. The van der Waals surface area contributed by atoms with Crippen molar-refractivity contribution in [2.45, 2.75) is 31.9 Å². The van der Waals surface area contributed by atoms with E-state index < -0.39 is 29.6 Å². The highest BCUT2D eigenvalue weighted by Crippen LogP contribution is 2.32. The minimum Gasteiger partial charge on any atom is -0.497 e. The van der Waals surface area contributed by atoms with E-state index in [4.69, 9.17) is 6.11 Å². The van der Waals surface area contributed by atoms with Gasteiger partial charge in [-0.15, -0.1) is 0 Å². The van der Waals surface area contributed by atoms with Crippen LogP contribution in [0.2, 0.25) is 0 Å². The highest BCUT2D eigenvalue weighted by Gasteiger charge is 2.39. The van der Waals surface area contributed by atoms with Gasteiger partial charge in [0.2, 0.25) is 11.8 Å². The van der Waals surface area contributed by atoms with Crippen LogP contribution in [0.1, 0.15) is 35.7 Å². The fourth-order valence-electron chi connectivity index (χ4n) is 3.57. The number of methoxy groups -OCH3 is 1. The number of carbonyl (C=O) groups is 3. The molecular weight excluding hydrogens is 377 g/mol. The molecule has 4 rings (SSSR count). The Kier molecular flexibility index (Phi) is 4.59. The van der Waals surface area contributed by atoms with E-state index in [1.54, 1.807) is 30.3 Å². The molecule has 150 valence electrons. The molecule has 29 heavy (non-hydrogen) atoms. The first kappa shape index (κ1) is 17.7. The van der Waals surface area contributed by atoms with E-state index in [2.05, 4.69) is 10.6 Å². The van der Waals surface area contributed by atoms with Crippen molar-refractivity contribution in [2.75, 3.05) is 12.4 Å².